The Kier molecular flexibility index (Phi) is 4.19. The maximum Gasteiger partial charge on any atom is 0.315 e. The summed E-state index contributed by atoms with van der Waals surface area (Å²) in [6.45, 7) is 1.08. The first-order valence-corrected chi connectivity index (χ1v) is 9.49. The smallest absolute Gasteiger partial charge is 0.315 e. The van der Waals surface area contributed by atoms with E-state index in [9.17, 15) is 4.79 Å². The number of rotatable bonds is 4. The molecular weight excluding hydrogens is 336 g/mol. The number of urea groups is 1. The zero-order chi connectivity index (χ0) is 16.4. The highest BCUT2D eigenvalue weighted by atomic mass is 32.1. The molecule has 0 aliphatic rings. The van der Waals surface area contributed by atoms with E-state index in [1.807, 2.05) is 24.3 Å². The number of nitrogens with one attached hydrogen (secondary N) is 2. The third kappa shape index (κ3) is 3.00. The van der Waals surface area contributed by atoms with Gasteiger partial charge in [-0.2, -0.15) is 0 Å². The molecule has 24 heavy (non-hydrogen) atoms. The second kappa shape index (κ2) is 6.63. The molecule has 5 heteroatoms. The molecule has 0 radical (unpaired) electrons. The summed E-state index contributed by atoms with van der Waals surface area (Å²) >= 11 is 3.42. The van der Waals surface area contributed by atoms with Crippen molar-refractivity contribution in [2.45, 2.75) is 13.1 Å². The highest BCUT2D eigenvalue weighted by Crippen LogP contribution is 2.26. The fourth-order valence-corrected chi connectivity index (χ4v) is 4.68. The lowest BCUT2D eigenvalue weighted by atomic mass is 10.2. The summed E-state index contributed by atoms with van der Waals surface area (Å²) in [6.07, 6.45) is 0. The first kappa shape index (κ1) is 15.2. The normalized spacial score (nSPS) is 11.0. The van der Waals surface area contributed by atoms with Gasteiger partial charge in [-0.05, 0) is 44.8 Å². The summed E-state index contributed by atoms with van der Waals surface area (Å²) < 4.78 is 2.50. The Morgan fingerprint density at radius 1 is 0.750 bits per heavy atom. The average molecular weight is 352 g/mol. The van der Waals surface area contributed by atoms with Crippen LogP contribution in [0.3, 0.4) is 0 Å². The van der Waals surface area contributed by atoms with Crippen molar-refractivity contribution in [1.29, 1.82) is 0 Å². The monoisotopic (exact) mass is 352 g/mol. The number of fused-ring (bicyclic) bond motifs is 2. The van der Waals surface area contributed by atoms with Crippen LogP contribution in [-0.4, -0.2) is 6.03 Å². The van der Waals surface area contributed by atoms with Gasteiger partial charge in [0, 0.05) is 22.5 Å². The van der Waals surface area contributed by atoms with E-state index in [1.54, 1.807) is 22.7 Å². The van der Waals surface area contributed by atoms with Gasteiger partial charge in [-0.1, -0.05) is 36.4 Å². The molecule has 0 aliphatic heterocycles. The van der Waals surface area contributed by atoms with Gasteiger partial charge in [0.2, 0.25) is 0 Å². The molecule has 120 valence electrons. The summed E-state index contributed by atoms with van der Waals surface area (Å²) in [5.41, 5.74) is 2.32. The van der Waals surface area contributed by atoms with Crippen molar-refractivity contribution in [2.24, 2.45) is 0 Å². The number of carbonyl (C=O) groups is 1. The van der Waals surface area contributed by atoms with Gasteiger partial charge in [0.05, 0.1) is 0 Å². The molecule has 2 heterocycles. The molecule has 3 nitrogen and oxygen atoms in total. The molecular formula is C19H16N2OS2. The Bertz CT molecular complexity index is 923. The molecule has 0 atom stereocenters. The van der Waals surface area contributed by atoms with Crippen LogP contribution in [0.5, 0.6) is 0 Å². The summed E-state index contributed by atoms with van der Waals surface area (Å²) in [4.78, 5) is 12.1. The van der Waals surface area contributed by atoms with E-state index in [1.165, 1.54) is 20.2 Å². The molecule has 4 rings (SSSR count). The van der Waals surface area contributed by atoms with Gasteiger partial charge in [0.15, 0.2) is 0 Å². The second-order valence-corrected chi connectivity index (χ2v) is 7.37. The zero-order valence-electron chi connectivity index (χ0n) is 12.9. The third-order valence-electron chi connectivity index (χ3n) is 4.00. The molecule has 0 saturated heterocycles. The van der Waals surface area contributed by atoms with E-state index in [0.717, 1.165) is 11.1 Å². The van der Waals surface area contributed by atoms with Gasteiger partial charge in [-0.15, -0.1) is 22.7 Å². The lowest BCUT2D eigenvalue weighted by Gasteiger charge is -2.07. The topological polar surface area (TPSA) is 41.1 Å². The van der Waals surface area contributed by atoms with E-state index in [4.69, 9.17) is 0 Å². The van der Waals surface area contributed by atoms with Gasteiger partial charge < -0.3 is 10.6 Å². The zero-order valence-corrected chi connectivity index (χ0v) is 14.5. The largest absolute Gasteiger partial charge is 0.334 e. The number of carbonyl (C=O) groups excluding carboxylic acids is 1. The van der Waals surface area contributed by atoms with E-state index >= 15 is 0 Å². The number of hydrogen-bond donors (Lipinski definition) is 2. The van der Waals surface area contributed by atoms with Crippen LogP contribution < -0.4 is 10.6 Å². The summed E-state index contributed by atoms with van der Waals surface area (Å²) in [5, 5.41) is 12.5. The van der Waals surface area contributed by atoms with E-state index in [-0.39, 0.29) is 6.03 Å². The van der Waals surface area contributed by atoms with Crippen molar-refractivity contribution in [1.82, 2.24) is 10.6 Å². The maximum atomic E-state index is 12.1. The Labute approximate surface area is 147 Å². The molecule has 2 N–H and O–H groups in total. The number of hydrogen-bond acceptors (Lipinski definition) is 3. The van der Waals surface area contributed by atoms with E-state index in [2.05, 4.69) is 45.7 Å². The lowest BCUT2D eigenvalue weighted by molar-refractivity contribution is 0.240. The Hall–Kier alpha value is -2.37. The van der Waals surface area contributed by atoms with Gasteiger partial charge in [-0.3, -0.25) is 0 Å². The van der Waals surface area contributed by atoms with E-state index < -0.39 is 0 Å². The predicted molar refractivity (Wildman–Crippen MR) is 103 cm³/mol. The molecule has 2 aromatic carbocycles. The van der Waals surface area contributed by atoms with Gasteiger partial charge in [0.25, 0.3) is 0 Å². The van der Waals surface area contributed by atoms with Crippen LogP contribution in [0.15, 0.2) is 59.3 Å². The van der Waals surface area contributed by atoms with Crippen LogP contribution in [-0.2, 0) is 13.1 Å². The first-order valence-electron chi connectivity index (χ1n) is 7.73. The van der Waals surface area contributed by atoms with Gasteiger partial charge >= 0.3 is 6.03 Å². The van der Waals surface area contributed by atoms with Crippen LogP contribution in [0.4, 0.5) is 4.79 Å². The van der Waals surface area contributed by atoms with Crippen LogP contribution in [0.25, 0.3) is 20.2 Å². The average Bonchev–Trinajstić information content (AvgIpc) is 3.22. The number of amides is 2. The highest BCUT2D eigenvalue weighted by molar-refractivity contribution is 7.17. The van der Waals surface area contributed by atoms with Crippen molar-refractivity contribution in [3.05, 3.63) is 70.4 Å². The molecule has 0 spiro atoms. The summed E-state index contributed by atoms with van der Waals surface area (Å²) in [6, 6.07) is 16.4. The number of benzene rings is 2. The van der Waals surface area contributed by atoms with Crippen molar-refractivity contribution in [3.8, 4) is 0 Å². The second-order valence-electron chi connectivity index (χ2n) is 5.55. The summed E-state index contributed by atoms with van der Waals surface area (Å²) in [7, 11) is 0. The Morgan fingerprint density at radius 2 is 1.21 bits per heavy atom. The van der Waals surface area contributed by atoms with Gasteiger partial charge in [-0.25, -0.2) is 4.79 Å². The maximum absolute atomic E-state index is 12.1. The SMILES string of the molecule is O=C(NCc1csc2ccccc12)NCc1csc2ccccc12. The molecule has 0 bridgehead atoms. The minimum Gasteiger partial charge on any atom is -0.334 e. The highest BCUT2D eigenvalue weighted by Gasteiger charge is 2.07. The van der Waals surface area contributed by atoms with E-state index in [0.29, 0.717) is 13.1 Å². The van der Waals surface area contributed by atoms with Crippen molar-refractivity contribution < 1.29 is 4.79 Å². The van der Waals surface area contributed by atoms with Crippen LogP contribution in [0.2, 0.25) is 0 Å². The quantitative estimate of drug-likeness (QED) is 0.526. The van der Waals surface area contributed by atoms with Crippen molar-refractivity contribution >= 4 is 48.9 Å². The van der Waals surface area contributed by atoms with Crippen LogP contribution in [0, 0.1) is 0 Å². The van der Waals surface area contributed by atoms with Crippen LogP contribution >= 0.6 is 22.7 Å². The molecule has 2 amide bonds. The minimum atomic E-state index is -0.138. The fraction of sp³-hybridized carbons (Fsp3) is 0.105. The Balaban J connectivity index is 1.37. The molecule has 0 fully saturated rings. The lowest BCUT2D eigenvalue weighted by Crippen LogP contribution is -2.34. The number of thiophene rings is 2. The Morgan fingerprint density at radius 3 is 1.71 bits per heavy atom. The molecule has 0 unspecified atom stereocenters. The molecule has 0 aliphatic carbocycles. The third-order valence-corrected chi connectivity index (χ3v) is 6.03. The minimum absolute atomic E-state index is 0.138. The van der Waals surface area contributed by atoms with Crippen LogP contribution in [0.1, 0.15) is 11.1 Å². The fourth-order valence-electron chi connectivity index (χ4n) is 2.75. The summed E-state index contributed by atoms with van der Waals surface area (Å²) in [5.74, 6) is 0. The molecule has 4 aromatic rings. The molecule has 2 aromatic heterocycles. The van der Waals surface area contributed by atoms with Crippen molar-refractivity contribution in [2.75, 3.05) is 0 Å². The van der Waals surface area contributed by atoms with Crippen molar-refractivity contribution in [3.63, 3.8) is 0 Å². The molecule has 0 saturated carbocycles. The standard InChI is InChI=1S/C19H16N2OS2/c22-19(20-9-13-11-23-17-7-3-1-5-15(13)17)21-10-14-12-24-18-8-4-2-6-16(14)18/h1-8,11-12H,9-10H2,(H2,20,21,22). The van der Waals surface area contributed by atoms with Gasteiger partial charge in [0.1, 0.15) is 0 Å². The first-order chi connectivity index (χ1) is 11.8. The predicted octanol–water partition coefficient (Wildman–Crippen LogP) is 5.12.